The molecule has 0 saturated heterocycles. The summed E-state index contributed by atoms with van der Waals surface area (Å²) in [5, 5.41) is 0.0469. The summed E-state index contributed by atoms with van der Waals surface area (Å²) >= 11 is 5.89. The second kappa shape index (κ2) is 5.63. The molecule has 0 aliphatic heterocycles. The molecule has 0 radical (unpaired) electrons. The van der Waals surface area contributed by atoms with Gasteiger partial charge in [-0.2, -0.15) is 0 Å². The van der Waals surface area contributed by atoms with Crippen molar-refractivity contribution in [2.24, 2.45) is 0 Å². The summed E-state index contributed by atoms with van der Waals surface area (Å²) in [6, 6.07) is 4.21. The van der Waals surface area contributed by atoms with Crippen molar-refractivity contribution in [3.8, 4) is 5.69 Å². The van der Waals surface area contributed by atoms with Gasteiger partial charge >= 0.3 is 5.69 Å². The fourth-order valence-corrected chi connectivity index (χ4v) is 2.22. The quantitative estimate of drug-likeness (QED) is 0.885. The lowest BCUT2D eigenvalue weighted by Gasteiger charge is -2.09. The Kier molecular flexibility index (Phi) is 4.09. The maximum absolute atomic E-state index is 13.6. The summed E-state index contributed by atoms with van der Waals surface area (Å²) in [6.07, 6.45) is 1.16. The van der Waals surface area contributed by atoms with Crippen LogP contribution in [0.25, 0.3) is 5.69 Å². The Morgan fingerprint density at radius 2 is 2.05 bits per heavy atom. The SMILES string of the molecule is CCCc1c(Cl)[nH]c(=O)n(-c2ccc(C)c(F)c2)c1=O. The number of aromatic amines is 1. The molecule has 0 atom stereocenters. The molecular formula is C14H14ClFN2O2. The minimum atomic E-state index is -0.678. The van der Waals surface area contributed by atoms with Crippen LogP contribution in [0.3, 0.4) is 0 Å². The van der Waals surface area contributed by atoms with Gasteiger partial charge in [0.15, 0.2) is 0 Å². The van der Waals surface area contributed by atoms with E-state index >= 15 is 0 Å². The van der Waals surface area contributed by atoms with E-state index in [1.165, 1.54) is 12.1 Å². The Morgan fingerprint density at radius 1 is 1.35 bits per heavy atom. The zero-order valence-electron chi connectivity index (χ0n) is 11.2. The molecule has 2 aromatic rings. The van der Waals surface area contributed by atoms with Gasteiger partial charge in [0, 0.05) is 0 Å². The zero-order valence-corrected chi connectivity index (χ0v) is 11.9. The normalized spacial score (nSPS) is 10.8. The summed E-state index contributed by atoms with van der Waals surface area (Å²) in [5.41, 5.74) is -0.226. The van der Waals surface area contributed by atoms with Gasteiger partial charge in [0.2, 0.25) is 0 Å². The van der Waals surface area contributed by atoms with Crippen LogP contribution in [-0.4, -0.2) is 9.55 Å². The third-order valence-electron chi connectivity index (χ3n) is 3.06. The Bertz CT molecular complexity index is 765. The van der Waals surface area contributed by atoms with Gasteiger partial charge in [-0.25, -0.2) is 13.8 Å². The lowest BCUT2D eigenvalue weighted by Crippen LogP contribution is -2.36. The number of hydrogen-bond donors (Lipinski definition) is 1. The van der Waals surface area contributed by atoms with E-state index in [4.69, 9.17) is 11.6 Å². The second-order valence-corrected chi connectivity index (χ2v) is 4.92. The van der Waals surface area contributed by atoms with Gasteiger partial charge in [-0.05, 0) is 31.0 Å². The van der Waals surface area contributed by atoms with Crippen LogP contribution >= 0.6 is 11.6 Å². The summed E-state index contributed by atoms with van der Waals surface area (Å²) in [5.74, 6) is -0.471. The van der Waals surface area contributed by atoms with E-state index in [0.717, 1.165) is 10.6 Å². The van der Waals surface area contributed by atoms with E-state index in [1.54, 1.807) is 6.92 Å². The van der Waals surface area contributed by atoms with Gasteiger partial charge in [-0.1, -0.05) is 31.0 Å². The van der Waals surface area contributed by atoms with E-state index in [1.807, 2.05) is 6.92 Å². The molecule has 0 unspecified atom stereocenters. The van der Waals surface area contributed by atoms with Crippen LogP contribution in [0.2, 0.25) is 5.15 Å². The topological polar surface area (TPSA) is 54.9 Å². The summed E-state index contributed by atoms with van der Waals surface area (Å²) < 4.78 is 14.5. The average molecular weight is 297 g/mol. The number of hydrogen-bond acceptors (Lipinski definition) is 2. The molecule has 4 nitrogen and oxygen atoms in total. The van der Waals surface area contributed by atoms with Crippen molar-refractivity contribution in [1.29, 1.82) is 0 Å². The van der Waals surface area contributed by atoms with Gasteiger partial charge in [0.05, 0.1) is 11.3 Å². The highest BCUT2D eigenvalue weighted by Gasteiger charge is 2.14. The van der Waals surface area contributed by atoms with Crippen molar-refractivity contribution >= 4 is 11.6 Å². The molecule has 2 rings (SSSR count). The molecular weight excluding hydrogens is 283 g/mol. The summed E-state index contributed by atoms with van der Waals surface area (Å²) in [6.45, 7) is 3.51. The Hall–Kier alpha value is -1.88. The second-order valence-electron chi connectivity index (χ2n) is 4.55. The molecule has 1 aromatic heterocycles. The molecule has 0 amide bonds. The van der Waals surface area contributed by atoms with Crippen LogP contribution in [-0.2, 0) is 6.42 Å². The van der Waals surface area contributed by atoms with Crippen LogP contribution in [0.4, 0.5) is 4.39 Å². The maximum Gasteiger partial charge on any atom is 0.334 e. The highest BCUT2D eigenvalue weighted by atomic mass is 35.5. The fourth-order valence-electron chi connectivity index (χ4n) is 1.97. The number of halogens is 2. The maximum atomic E-state index is 13.6. The number of H-pyrrole nitrogens is 1. The summed E-state index contributed by atoms with van der Waals surface area (Å²) in [4.78, 5) is 26.7. The van der Waals surface area contributed by atoms with E-state index in [9.17, 15) is 14.0 Å². The van der Waals surface area contributed by atoms with Gasteiger partial charge in [0.1, 0.15) is 11.0 Å². The molecule has 106 valence electrons. The average Bonchev–Trinajstić information content (AvgIpc) is 2.38. The predicted octanol–water partition coefficient (Wildman–Crippen LogP) is 2.58. The molecule has 0 bridgehead atoms. The lowest BCUT2D eigenvalue weighted by atomic mass is 10.2. The van der Waals surface area contributed by atoms with Gasteiger partial charge in [-0.3, -0.25) is 9.78 Å². The van der Waals surface area contributed by atoms with Gasteiger partial charge in [-0.15, -0.1) is 0 Å². The lowest BCUT2D eigenvalue weighted by molar-refractivity contribution is 0.616. The van der Waals surface area contributed by atoms with Crippen LogP contribution in [0.5, 0.6) is 0 Å². The number of nitrogens with one attached hydrogen (secondary N) is 1. The number of aryl methyl sites for hydroxylation is 1. The van der Waals surface area contributed by atoms with E-state index in [2.05, 4.69) is 4.98 Å². The molecule has 0 spiro atoms. The molecule has 20 heavy (non-hydrogen) atoms. The van der Waals surface area contributed by atoms with Crippen molar-refractivity contribution in [2.75, 3.05) is 0 Å². The molecule has 1 aromatic carbocycles. The predicted molar refractivity (Wildman–Crippen MR) is 76.4 cm³/mol. The molecule has 0 aliphatic carbocycles. The van der Waals surface area contributed by atoms with E-state index in [-0.39, 0.29) is 10.8 Å². The zero-order chi connectivity index (χ0) is 14.9. The van der Waals surface area contributed by atoms with Crippen LogP contribution in [0, 0.1) is 12.7 Å². The van der Waals surface area contributed by atoms with Gasteiger partial charge < -0.3 is 0 Å². The van der Waals surface area contributed by atoms with Crippen molar-refractivity contribution in [2.45, 2.75) is 26.7 Å². The molecule has 6 heteroatoms. The number of rotatable bonds is 3. The minimum Gasteiger partial charge on any atom is -0.297 e. The molecule has 1 heterocycles. The highest BCUT2D eigenvalue weighted by Crippen LogP contribution is 2.13. The van der Waals surface area contributed by atoms with Crippen molar-refractivity contribution in [3.05, 3.63) is 61.1 Å². The van der Waals surface area contributed by atoms with Crippen LogP contribution < -0.4 is 11.2 Å². The molecule has 0 saturated carbocycles. The number of nitrogens with zero attached hydrogens (tertiary/aromatic N) is 1. The van der Waals surface area contributed by atoms with Gasteiger partial charge in [0.25, 0.3) is 5.56 Å². The van der Waals surface area contributed by atoms with Crippen molar-refractivity contribution < 1.29 is 4.39 Å². The first kappa shape index (κ1) is 14.5. The fraction of sp³-hybridized carbons (Fsp3) is 0.286. The van der Waals surface area contributed by atoms with Crippen molar-refractivity contribution in [1.82, 2.24) is 9.55 Å². The first-order chi connectivity index (χ1) is 9.45. The van der Waals surface area contributed by atoms with E-state index < -0.39 is 17.1 Å². The van der Waals surface area contributed by atoms with Crippen LogP contribution in [0.15, 0.2) is 27.8 Å². The highest BCUT2D eigenvalue weighted by molar-refractivity contribution is 6.30. The monoisotopic (exact) mass is 296 g/mol. The number of aromatic nitrogens is 2. The number of benzene rings is 1. The van der Waals surface area contributed by atoms with E-state index in [0.29, 0.717) is 24.0 Å². The third kappa shape index (κ3) is 2.54. The van der Waals surface area contributed by atoms with Crippen molar-refractivity contribution in [3.63, 3.8) is 0 Å². The standard InChI is InChI=1S/C14H14ClFN2O2/c1-3-4-10-12(15)17-14(20)18(13(10)19)9-6-5-8(2)11(16)7-9/h5-7H,3-4H2,1-2H3,(H,17,20). The Balaban J connectivity index is 2.73. The first-order valence-electron chi connectivity index (χ1n) is 6.26. The third-order valence-corrected chi connectivity index (χ3v) is 3.38. The Labute approximate surface area is 119 Å². The largest absolute Gasteiger partial charge is 0.334 e. The summed E-state index contributed by atoms with van der Waals surface area (Å²) in [7, 11) is 0. The van der Waals surface area contributed by atoms with Crippen LogP contribution in [0.1, 0.15) is 24.5 Å². The minimum absolute atomic E-state index is 0.0469. The smallest absolute Gasteiger partial charge is 0.297 e. The molecule has 1 N–H and O–H groups in total. The molecule has 0 aliphatic rings. The Morgan fingerprint density at radius 3 is 2.65 bits per heavy atom. The molecule has 0 fully saturated rings. The first-order valence-corrected chi connectivity index (χ1v) is 6.63.